The van der Waals surface area contributed by atoms with Crippen molar-refractivity contribution in [3.05, 3.63) is 29.8 Å². The molecule has 7 heteroatoms. The number of benzene rings is 1. The van der Waals surface area contributed by atoms with Gasteiger partial charge in [0.25, 0.3) is 0 Å². The Kier molecular flexibility index (Phi) is 7.15. The van der Waals surface area contributed by atoms with Crippen LogP contribution in [-0.4, -0.2) is 48.1 Å². The van der Waals surface area contributed by atoms with Gasteiger partial charge in [0, 0.05) is 44.5 Å². The number of carbonyl (C=O) groups is 3. The molecule has 1 aliphatic rings. The summed E-state index contributed by atoms with van der Waals surface area (Å²) in [7, 11) is 0. The number of carbonyl (C=O) groups excluding carboxylic acids is 2. The second-order valence-electron chi connectivity index (χ2n) is 6.34. The van der Waals surface area contributed by atoms with Crippen LogP contribution < -0.4 is 10.1 Å². The first-order chi connectivity index (χ1) is 12.5. The second kappa shape index (κ2) is 9.33. The van der Waals surface area contributed by atoms with E-state index in [1.807, 2.05) is 6.92 Å². The lowest BCUT2D eigenvalue weighted by Crippen LogP contribution is -2.57. The topological polar surface area (TPSA) is 102 Å². The summed E-state index contributed by atoms with van der Waals surface area (Å²) in [5.74, 6) is -0.976. The normalized spacial score (nSPS) is 15.9. The Morgan fingerprint density at radius 1 is 1.15 bits per heavy atom. The molecule has 7 nitrogen and oxygen atoms in total. The average molecular weight is 363 g/mol. The van der Waals surface area contributed by atoms with Gasteiger partial charge in [0.2, 0.25) is 5.91 Å². The van der Waals surface area contributed by atoms with E-state index in [9.17, 15) is 19.5 Å². The van der Waals surface area contributed by atoms with Gasteiger partial charge in [0.15, 0.2) is 5.78 Å². The van der Waals surface area contributed by atoms with E-state index in [0.29, 0.717) is 17.9 Å². The Labute approximate surface area is 152 Å². The molecule has 0 spiro atoms. The van der Waals surface area contributed by atoms with Gasteiger partial charge in [-0.3, -0.25) is 9.59 Å². The van der Waals surface area contributed by atoms with E-state index in [0.717, 1.165) is 6.42 Å². The summed E-state index contributed by atoms with van der Waals surface area (Å²) in [6.45, 7) is 3.21. The van der Waals surface area contributed by atoms with Gasteiger partial charge in [0.05, 0.1) is 6.61 Å². The van der Waals surface area contributed by atoms with E-state index in [-0.39, 0.29) is 44.7 Å². The summed E-state index contributed by atoms with van der Waals surface area (Å²) in [6.07, 6.45) is 1.32. The Bertz CT molecular complexity index is 634. The predicted octanol–water partition coefficient (Wildman–Crippen LogP) is 2.19. The third kappa shape index (κ3) is 5.29. The Hall–Kier alpha value is -2.41. The number of ether oxygens (including phenoxy) is 2. The third-order valence-corrected chi connectivity index (χ3v) is 4.36. The van der Waals surface area contributed by atoms with Crippen molar-refractivity contribution in [3.63, 3.8) is 0 Å². The third-order valence-electron chi connectivity index (χ3n) is 4.36. The van der Waals surface area contributed by atoms with Crippen LogP contribution in [0.1, 0.15) is 49.4 Å². The highest BCUT2D eigenvalue weighted by Gasteiger charge is 2.41. The van der Waals surface area contributed by atoms with Crippen LogP contribution in [0.25, 0.3) is 0 Å². The number of Topliss-reactive ketones (excluding diaryl/α,β-unsaturated/α-hetero) is 1. The van der Waals surface area contributed by atoms with Crippen LogP contribution in [0.3, 0.4) is 0 Å². The lowest BCUT2D eigenvalue weighted by Gasteiger charge is -2.33. The van der Waals surface area contributed by atoms with Crippen LogP contribution in [0.5, 0.6) is 5.75 Å². The van der Waals surface area contributed by atoms with Crippen molar-refractivity contribution < 1.29 is 29.0 Å². The highest BCUT2D eigenvalue weighted by atomic mass is 16.5. The highest BCUT2D eigenvalue weighted by molar-refractivity contribution is 5.98. The maximum absolute atomic E-state index is 12.2. The molecule has 1 saturated heterocycles. The SMILES string of the molecule is CCCOc1ccc(C(=O)CCC(=O)NC2(C(=O)O)CCOCC2)cc1. The van der Waals surface area contributed by atoms with Crippen LogP contribution in [0.15, 0.2) is 24.3 Å². The molecule has 0 aromatic heterocycles. The van der Waals surface area contributed by atoms with Gasteiger partial charge in [-0.15, -0.1) is 0 Å². The number of carboxylic acid groups (broad SMARTS) is 1. The monoisotopic (exact) mass is 363 g/mol. The fourth-order valence-corrected chi connectivity index (χ4v) is 2.77. The maximum Gasteiger partial charge on any atom is 0.329 e. The van der Waals surface area contributed by atoms with E-state index < -0.39 is 17.4 Å². The quantitative estimate of drug-likeness (QED) is 0.652. The largest absolute Gasteiger partial charge is 0.494 e. The average Bonchev–Trinajstić information content (AvgIpc) is 2.65. The number of hydrogen-bond donors (Lipinski definition) is 2. The van der Waals surface area contributed by atoms with Crippen molar-refractivity contribution in [3.8, 4) is 5.75 Å². The number of amides is 1. The fraction of sp³-hybridized carbons (Fsp3) is 0.526. The summed E-state index contributed by atoms with van der Waals surface area (Å²) >= 11 is 0. The number of hydrogen-bond acceptors (Lipinski definition) is 5. The number of ketones is 1. The van der Waals surface area contributed by atoms with Crippen LogP contribution in [0.2, 0.25) is 0 Å². The van der Waals surface area contributed by atoms with Gasteiger partial charge in [0.1, 0.15) is 11.3 Å². The van der Waals surface area contributed by atoms with E-state index in [1.165, 1.54) is 0 Å². The molecule has 2 rings (SSSR count). The van der Waals surface area contributed by atoms with Crippen LogP contribution in [-0.2, 0) is 14.3 Å². The minimum Gasteiger partial charge on any atom is -0.494 e. The minimum atomic E-state index is -1.29. The van der Waals surface area contributed by atoms with Gasteiger partial charge in [-0.1, -0.05) is 6.92 Å². The lowest BCUT2D eigenvalue weighted by molar-refractivity contribution is -0.152. The zero-order valence-electron chi connectivity index (χ0n) is 15.0. The second-order valence-corrected chi connectivity index (χ2v) is 6.34. The molecule has 26 heavy (non-hydrogen) atoms. The maximum atomic E-state index is 12.2. The Morgan fingerprint density at radius 3 is 2.38 bits per heavy atom. The molecule has 1 fully saturated rings. The van der Waals surface area contributed by atoms with Gasteiger partial charge < -0.3 is 19.9 Å². The van der Waals surface area contributed by atoms with Gasteiger partial charge in [-0.25, -0.2) is 4.79 Å². The summed E-state index contributed by atoms with van der Waals surface area (Å²) < 4.78 is 10.6. The molecule has 0 aliphatic carbocycles. The molecule has 1 heterocycles. The zero-order valence-corrected chi connectivity index (χ0v) is 15.0. The zero-order chi connectivity index (χ0) is 19.0. The molecule has 1 amide bonds. The van der Waals surface area contributed by atoms with Crippen molar-refractivity contribution in [2.75, 3.05) is 19.8 Å². The summed E-state index contributed by atoms with van der Waals surface area (Å²) in [6, 6.07) is 6.79. The molecular weight excluding hydrogens is 338 g/mol. The van der Waals surface area contributed by atoms with Gasteiger partial charge >= 0.3 is 5.97 Å². The Morgan fingerprint density at radius 2 is 1.81 bits per heavy atom. The van der Waals surface area contributed by atoms with Crippen molar-refractivity contribution in [2.24, 2.45) is 0 Å². The number of nitrogens with one attached hydrogen (secondary N) is 1. The van der Waals surface area contributed by atoms with Crippen LogP contribution in [0, 0.1) is 0 Å². The van der Waals surface area contributed by atoms with Crippen molar-refractivity contribution in [1.82, 2.24) is 5.32 Å². The van der Waals surface area contributed by atoms with Gasteiger partial charge in [-0.05, 0) is 30.7 Å². The number of aliphatic carboxylic acids is 1. The van der Waals surface area contributed by atoms with E-state index in [1.54, 1.807) is 24.3 Å². The molecule has 0 atom stereocenters. The first-order valence-corrected chi connectivity index (χ1v) is 8.85. The smallest absolute Gasteiger partial charge is 0.329 e. The summed E-state index contributed by atoms with van der Waals surface area (Å²) in [5.41, 5.74) is -0.794. The fourth-order valence-electron chi connectivity index (χ4n) is 2.77. The number of carboxylic acids is 1. The molecule has 1 aromatic rings. The first-order valence-electron chi connectivity index (χ1n) is 8.85. The van der Waals surface area contributed by atoms with E-state index in [2.05, 4.69) is 5.32 Å². The first kappa shape index (κ1) is 19.9. The predicted molar refractivity (Wildman–Crippen MR) is 94.4 cm³/mol. The van der Waals surface area contributed by atoms with Crippen molar-refractivity contribution in [1.29, 1.82) is 0 Å². The molecule has 0 radical (unpaired) electrons. The van der Waals surface area contributed by atoms with Crippen molar-refractivity contribution in [2.45, 2.75) is 44.6 Å². The highest BCUT2D eigenvalue weighted by Crippen LogP contribution is 2.21. The van der Waals surface area contributed by atoms with Crippen molar-refractivity contribution >= 4 is 17.7 Å². The molecule has 0 bridgehead atoms. The van der Waals surface area contributed by atoms with Crippen LogP contribution >= 0.6 is 0 Å². The van der Waals surface area contributed by atoms with E-state index in [4.69, 9.17) is 9.47 Å². The molecular formula is C19H25NO6. The number of rotatable bonds is 9. The molecule has 0 saturated carbocycles. The standard InChI is InChI=1S/C19H25NO6/c1-2-11-26-15-5-3-14(4-6-15)16(21)7-8-17(22)20-19(18(23)24)9-12-25-13-10-19/h3-6H,2,7-13H2,1H3,(H,20,22)(H,23,24). The molecule has 0 unspecified atom stereocenters. The summed E-state index contributed by atoms with van der Waals surface area (Å²) in [4.78, 5) is 35.9. The summed E-state index contributed by atoms with van der Waals surface area (Å²) in [5, 5.41) is 12.0. The molecule has 1 aromatic carbocycles. The van der Waals surface area contributed by atoms with E-state index >= 15 is 0 Å². The molecule has 142 valence electrons. The molecule has 1 aliphatic heterocycles. The Balaban J connectivity index is 1.86. The molecule has 2 N–H and O–H groups in total. The van der Waals surface area contributed by atoms with Crippen LogP contribution in [0.4, 0.5) is 0 Å². The minimum absolute atomic E-state index is 0.0210. The van der Waals surface area contributed by atoms with Gasteiger partial charge in [-0.2, -0.15) is 0 Å². The lowest BCUT2D eigenvalue weighted by atomic mass is 9.90.